The van der Waals surface area contributed by atoms with Crippen molar-refractivity contribution in [2.75, 3.05) is 11.8 Å². The molecular weight excluding hydrogens is 342 g/mol. The van der Waals surface area contributed by atoms with Crippen LogP contribution in [0.3, 0.4) is 0 Å². The SMILES string of the molecule is COc1ccc(S(=O)(=O)Nc2cnsn2)c(Br)c1. The number of rotatable bonds is 4. The van der Waals surface area contributed by atoms with Gasteiger partial charge in [0, 0.05) is 4.47 Å². The number of nitrogens with zero attached hydrogens (tertiary/aromatic N) is 2. The number of methoxy groups -OCH3 is 1. The third-order valence-corrected chi connectivity index (χ3v) is 4.84. The highest BCUT2D eigenvalue weighted by Crippen LogP contribution is 2.27. The Hall–Kier alpha value is -1.19. The van der Waals surface area contributed by atoms with Crippen LogP contribution in [0.4, 0.5) is 5.82 Å². The summed E-state index contributed by atoms with van der Waals surface area (Å²) in [6.45, 7) is 0. The Morgan fingerprint density at radius 2 is 2.22 bits per heavy atom. The molecule has 0 aliphatic heterocycles. The molecule has 0 atom stereocenters. The van der Waals surface area contributed by atoms with Crippen LogP contribution in [0.5, 0.6) is 5.75 Å². The zero-order chi connectivity index (χ0) is 13.2. The summed E-state index contributed by atoms with van der Waals surface area (Å²) in [5.74, 6) is 0.763. The molecule has 1 N–H and O–H groups in total. The second-order valence-electron chi connectivity index (χ2n) is 3.19. The highest BCUT2D eigenvalue weighted by Gasteiger charge is 2.19. The van der Waals surface area contributed by atoms with Gasteiger partial charge in [-0.15, -0.1) is 0 Å². The first-order valence-electron chi connectivity index (χ1n) is 4.67. The fraction of sp³-hybridized carbons (Fsp3) is 0.111. The van der Waals surface area contributed by atoms with E-state index in [-0.39, 0.29) is 10.7 Å². The van der Waals surface area contributed by atoms with Crippen molar-refractivity contribution in [3.63, 3.8) is 0 Å². The molecule has 0 unspecified atom stereocenters. The van der Waals surface area contributed by atoms with Gasteiger partial charge in [-0.2, -0.15) is 8.75 Å². The van der Waals surface area contributed by atoms with Gasteiger partial charge in [0.15, 0.2) is 5.82 Å². The predicted molar refractivity (Wildman–Crippen MR) is 71.4 cm³/mol. The van der Waals surface area contributed by atoms with Crippen LogP contribution in [0.15, 0.2) is 33.8 Å². The molecule has 1 aromatic carbocycles. The van der Waals surface area contributed by atoms with Crippen molar-refractivity contribution >= 4 is 43.5 Å². The maximum absolute atomic E-state index is 12.1. The number of hydrogen-bond acceptors (Lipinski definition) is 6. The van der Waals surface area contributed by atoms with Gasteiger partial charge >= 0.3 is 0 Å². The number of aromatic nitrogens is 2. The highest BCUT2D eigenvalue weighted by atomic mass is 79.9. The molecule has 2 aromatic rings. The molecule has 0 aliphatic rings. The summed E-state index contributed by atoms with van der Waals surface area (Å²) < 4.78 is 39.4. The zero-order valence-corrected chi connectivity index (χ0v) is 12.3. The topological polar surface area (TPSA) is 81.2 Å². The largest absolute Gasteiger partial charge is 0.497 e. The second-order valence-corrected chi connectivity index (χ2v) is 6.26. The lowest BCUT2D eigenvalue weighted by Crippen LogP contribution is -2.13. The fourth-order valence-corrected chi connectivity index (χ4v) is 3.70. The van der Waals surface area contributed by atoms with Gasteiger partial charge in [-0.3, -0.25) is 4.72 Å². The maximum atomic E-state index is 12.1. The van der Waals surface area contributed by atoms with Gasteiger partial charge in [-0.1, -0.05) is 0 Å². The van der Waals surface area contributed by atoms with Crippen LogP contribution in [0.2, 0.25) is 0 Å². The molecule has 0 radical (unpaired) electrons. The van der Waals surface area contributed by atoms with E-state index in [2.05, 4.69) is 29.4 Å². The van der Waals surface area contributed by atoms with Crippen molar-refractivity contribution in [3.05, 3.63) is 28.9 Å². The minimum absolute atomic E-state index is 0.108. The van der Waals surface area contributed by atoms with E-state index in [4.69, 9.17) is 4.74 Å². The van der Waals surface area contributed by atoms with Crippen LogP contribution in [0.1, 0.15) is 0 Å². The molecule has 0 bridgehead atoms. The second kappa shape index (κ2) is 5.21. The van der Waals surface area contributed by atoms with Crippen LogP contribution < -0.4 is 9.46 Å². The Kier molecular flexibility index (Phi) is 3.83. The van der Waals surface area contributed by atoms with Crippen molar-refractivity contribution in [1.29, 1.82) is 0 Å². The van der Waals surface area contributed by atoms with E-state index in [1.165, 1.54) is 19.4 Å². The summed E-state index contributed by atoms with van der Waals surface area (Å²) in [6.07, 6.45) is 1.35. The summed E-state index contributed by atoms with van der Waals surface area (Å²) in [5, 5.41) is 0. The van der Waals surface area contributed by atoms with Gasteiger partial charge in [0.2, 0.25) is 0 Å². The predicted octanol–water partition coefficient (Wildman–Crippen LogP) is 2.11. The quantitative estimate of drug-likeness (QED) is 0.913. The number of sulfonamides is 1. The molecule has 96 valence electrons. The third-order valence-electron chi connectivity index (χ3n) is 2.03. The maximum Gasteiger partial charge on any atom is 0.264 e. The lowest BCUT2D eigenvalue weighted by atomic mass is 10.3. The van der Waals surface area contributed by atoms with Gasteiger partial charge in [-0.05, 0) is 34.1 Å². The number of anilines is 1. The van der Waals surface area contributed by atoms with E-state index in [0.29, 0.717) is 10.2 Å². The molecule has 0 spiro atoms. The zero-order valence-electron chi connectivity index (χ0n) is 9.12. The van der Waals surface area contributed by atoms with Crippen LogP contribution in [0.25, 0.3) is 0 Å². The molecule has 1 aromatic heterocycles. The van der Waals surface area contributed by atoms with Crippen molar-refractivity contribution in [1.82, 2.24) is 8.75 Å². The van der Waals surface area contributed by atoms with Crippen molar-refractivity contribution in [2.45, 2.75) is 4.90 Å². The van der Waals surface area contributed by atoms with E-state index >= 15 is 0 Å². The van der Waals surface area contributed by atoms with Crippen molar-refractivity contribution in [2.24, 2.45) is 0 Å². The molecule has 6 nitrogen and oxygen atoms in total. The first-order chi connectivity index (χ1) is 8.53. The monoisotopic (exact) mass is 349 g/mol. The summed E-state index contributed by atoms with van der Waals surface area (Å²) in [4.78, 5) is 0.108. The lowest BCUT2D eigenvalue weighted by Gasteiger charge is -2.08. The van der Waals surface area contributed by atoms with E-state index in [9.17, 15) is 8.42 Å². The van der Waals surface area contributed by atoms with Crippen LogP contribution in [0, 0.1) is 0 Å². The minimum Gasteiger partial charge on any atom is -0.497 e. The van der Waals surface area contributed by atoms with Gasteiger partial charge < -0.3 is 4.74 Å². The van der Waals surface area contributed by atoms with Gasteiger partial charge in [-0.25, -0.2) is 8.42 Å². The molecule has 0 saturated heterocycles. The minimum atomic E-state index is -3.69. The smallest absolute Gasteiger partial charge is 0.264 e. The summed E-state index contributed by atoms with van der Waals surface area (Å²) in [7, 11) is -2.18. The van der Waals surface area contributed by atoms with Gasteiger partial charge in [0.1, 0.15) is 10.6 Å². The van der Waals surface area contributed by atoms with Crippen LogP contribution in [-0.4, -0.2) is 24.3 Å². The number of halogens is 1. The van der Waals surface area contributed by atoms with Crippen LogP contribution >= 0.6 is 27.7 Å². The Labute approximate surface area is 117 Å². The third kappa shape index (κ3) is 2.79. The molecule has 18 heavy (non-hydrogen) atoms. The Morgan fingerprint density at radius 1 is 1.44 bits per heavy atom. The Balaban J connectivity index is 2.35. The van der Waals surface area contributed by atoms with E-state index in [0.717, 1.165) is 11.7 Å². The normalized spacial score (nSPS) is 11.2. The van der Waals surface area contributed by atoms with Gasteiger partial charge in [0.05, 0.1) is 25.0 Å². The summed E-state index contributed by atoms with van der Waals surface area (Å²) in [5.41, 5.74) is 0. The summed E-state index contributed by atoms with van der Waals surface area (Å²) >= 11 is 4.12. The van der Waals surface area contributed by atoms with Crippen LogP contribution in [-0.2, 0) is 10.0 Å². The first-order valence-corrected chi connectivity index (χ1v) is 7.67. The number of benzene rings is 1. The molecule has 0 fully saturated rings. The van der Waals surface area contributed by atoms with Crippen molar-refractivity contribution < 1.29 is 13.2 Å². The summed E-state index contributed by atoms with van der Waals surface area (Å²) in [6, 6.07) is 4.59. The average molecular weight is 350 g/mol. The molecular formula is C9H8BrN3O3S2. The molecule has 2 rings (SSSR count). The first kappa shape index (κ1) is 13.2. The average Bonchev–Trinajstić information content (AvgIpc) is 2.80. The molecule has 0 saturated carbocycles. The number of hydrogen-bond donors (Lipinski definition) is 1. The molecule has 9 heteroatoms. The Morgan fingerprint density at radius 3 is 2.78 bits per heavy atom. The van der Waals surface area contributed by atoms with E-state index in [1.807, 2.05) is 0 Å². The molecule has 0 aliphatic carbocycles. The van der Waals surface area contributed by atoms with Gasteiger partial charge in [0.25, 0.3) is 10.0 Å². The molecule has 0 amide bonds. The van der Waals surface area contributed by atoms with Crippen molar-refractivity contribution in [3.8, 4) is 5.75 Å². The lowest BCUT2D eigenvalue weighted by molar-refractivity contribution is 0.414. The number of ether oxygens (including phenoxy) is 1. The highest BCUT2D eigenvalue weighted by molar-refractivity contribution is 9.10. The molecule has 1 heterocycles. The fourth-order valence-electron chi connectivity index (χ4n) is 1.23. The van der Waals surface area contributed by atoms with E-state index in [1.54, 1.807) is 12.1 Å². The number of nitrogens with one attached hydrogen (secondary N) is 1. The standard InChI is InChI=1S/C9H8BrN3O3S2/c1-16-6-2-3-8(7(10)4-6)18(14,15)13-9-5-11-17-12-9/h2-5H,1H3,(H,12,13). The Bertz CT molecular complexity index is 643. The van der Waals surface area contributed by atoms with E-state index < -0.39 is 10.0 Å².